The maximum absolute atomic E-state index is 2.09. The molecule has 0 radical (unpaired) electrons. The molecule has 0 N–H and O–H groups in total. The Morgan fingerprint density at radius 2 is 1.27 bits per heavy atom. The summed E-state index contributed by atoms with van der Waals surface area (Å²) in [4.78, 5) is 0. The molecule has 8 aliphatic rings. The summed E-state index contributed by atoms with van der Waals surface area (Å²) in [5, 5.41) is 0. The van der Waals surface area contributed by atoms with Crippen molar-refractivity contribution in [2.75, 3.05) is 0 Å². The van der Waals surface area contributed by atoms with Crippen LogP contribution in [0.4, 0.5) is 0 Å². The minimum absolute atomic E-state index is 0.953. The van der Waals surface area contributed by atoms with Crippen LogP contribution in [0.15, 0.2) is 22.3 Å². The molecule has 0 heteroatoms. The van der Waals surface area contributed by atoms with Gasteiger partial charge in [-0.15, -0.1) is 0 Å². The Labute approximate surface area is 159 Å². The van der Waals surface area contributed by atoms with Gasteiger partial charge in [0, 0.05) is 5.92 Å². The van der Waals surface area contributed by atoms with Crippen molar-refractivity contribution in [1.29, 1.82) is 0 Å². The number of allylic oxidation sites excluding steroid dienone is 4. The quantitative estimate of drug-likeness (QED) is 0.411. The van der Waals surface area contributed by atoms with Crippen molar-refractivity contribution in [3.8, 4) is 0 Å². The summed E-state index contributed by atoms with van der Waals surface area (Å²) in [6.45, 7) is 0. The zero-order chi connectivity index (χ0) is 16.8. The zero-order valence-corrected chi connectivity index (χ0v) is 16.5. The lowest BCUT2D eigenvalue weighted by Gasteiger charge is -2.56. The fourth-order valence-electron chi connectivity index (χ4n) is 9.65. The first kappa shape index (κ1) is 15.4. The predicted octanol–water partition coefficient (Wildman–Crippen LogP) is 7.07. The molecule has 8 rings (SSSR count). The number of fused-ring (bicyclic) bond motifs is 4. The first-order valence-corrected chi connectivity index (χ1v) is 12.3. The molecule has 0 aliphatic heterocycles. The molecule has 0 aromatic heterocycles. The van der Waals surface area contributed by atoms with E-state index >= 15 is 0 Å². The second kappa shape index (κ2) is 5.51. The summed E-state index contributed by atoms with van der Waals surface area (Å²) >= 11 is 0. The lowest BCUT2D eigenvalue weighted by atomic mass is 9.49. The minimum Gasteiger partial charge on any atom is -0.0670 e. The Bertz CT molecular complexity index is 693. The van der Waals surface area contributed by atoms with E-state index < -0.39 is 0 Å². The van der Waals surface area contributed by atoms with E-state index in [9.17, 15) is 0 Å². The van der Waals surface area contributed by atoms with E-state index in [1.54, 1.807) is 57.8 Å². The van der Waals surface area contributed by atoms with Crippen LogP contribution >= 0.6 is 0 Å². The molecule has 0 aromatic rings. The van der Waals surface area contributed by atoms with Gasteiger partial charge in [0.2, 0.25) is 0 Å². The van der Waals surface area contributed by atoms with Crippen molar-refractivity contribution in [3.05, 3.63) is 22.3 Å². The van der Waals surface area contributed by atoms with Gasteiger partial charge in [-0.3, -0.25) is 0 Å². The smallest absolute Gasteiger partial charge is 0.00207 e. The lowest BCUT2D eigenvalue weighted by Crippen LogP contribution is -2.44. The summed E-state index contributed by atoms with van der Waals surface area (Å²) in [6, 6.07) is 0. The van der Waals surface area contributed by atoms with Gasteiger partial charge in [-0.1, -0.05) is 35.1 Å². The van der Waals surface area contributed by atoms with E-state index in [1.807, 2.05) is 5.57 Å². The highest BCUT2D eigenvalue weighted by Crippen LogP contribution is 2.64. The highest BCUT2D eigenvalue weighted by atomic mass is 14.6. The standard InChI is InChI=1S/C26H36/c1-2-15-5-7-22(18(3-1)8-15)25-20-10-17-11-21(14-20)26(24(25)13-17)23-12-16-4-6-19(23)9-16/h15-21,24H,1-14H2. The van der Waals surface area contributed by atoms with Crippen LogP contribution < -0.4 is 0 Å². The molecule has 8 aliphatic carbocycles. The Morgan fingerprint density at radius 1 is 0.500 bits per heavy atom. The van der Waals surface area contributed by atoms with E-state index in [0.717, 1.165) is 47.3 Å². The average molecular weight is 349 g/mol. The predicted molar refractivity (Wildman–Crippen MR) is 107 cm³/mol. The van der Waals surface area contributed by atoms with Crippen LogP contribution in [0, 0.1) is 47.3 Å². The van der Waals surface area contributed by atoms with E-state index in [2.05, 4.69) is 16.7 Å². The van der Waals surface area contributed by atoms with Crippen LogP contribution in [-0.4, -0.2) is 0 Å². The van der Waals surface area contributed by atoms with Gasteiger partial charge in [-0.05, 0) is 118 Å². The highest BCUT2D eigenvalue weighted by molar-refractivity contribution is 5.42. The van der Waals surface area contributed by atoms with Crippen molar-refractivity contribution in [3.63, 3.8) is 0 Å². The summed E-state index contributed by atoms with van der Waals surface area (Å²) in [5.41, 5.74) is 8.28. The SMILES string of the molecule is C1CC2CCC(=C3C4CC5CC(C4)C(=C4CC6CCC4C6)C3C5)C(C1)C2. The van der Waals surface area contributed by atoms with E-state index in [-0.39, 0.29) is 0 Å². The van der Waals surface area contributed by atoms with Gasteiger partial charge in [0.15, 0.2) is 0 Å². The Morgan fingerprint density at radius 3 is 2.08 bits per heavy atom. The largest absolute Gasteiger partial charge is 0.0670 e. The van der Waals surface area contributed by atoms with E-state index in [1.165, 1.54) is 32.1 Å². The molecule has 8 bridgehead atoms. The molecule has 0 amide bonds. The first-order valence-electron chi connectivity index (χ1n) is 12.3. The van der Waals surface area contributed by atoms with Gasteiger partial charge in [-0.25, -0.2) is 0 Å². The molecule has 0 nitrogen and oxygen atoms in total. The molecular formula is C26H36. The third-order valence-corrected chi connectivity index (χ3v) is 10.4. The van der Waals surface area contributed by atoms with Gasteiger partial charge >= 0.3 is 0 Å². The maximum atomic E-state index is 2.09. The fraction of sp³-hybridized carbons (Fsp3) is 0.846. The highest BCUT2D eigenvalue weighted by Gasteiger charge is 2.52. The third kappa shape index (κ3) is 2.08. The topological polar surface area (TPSA) is 0 Å². The Balaban J connectivity index is 1.34. The molecule has 26 heavy (non-hydrogen) atoms. The second-order valence-electron chi connectivity index (χ2n) is 11.6. The molecule has 0 aromatic carbocycles. The van der Waals surface area contributed by atoms with Crippen molar-refractivity contribution in [1.82, 2.24) is 0 Å². The van der Waals surface area contributed by atoms with Gasteiger partial charge in [0.05, 0.1) is 0 Å². The number of rotatable bonds is 0. The van der Waals surface area contributed by atoms with Crippen LogP contribution in [0.5, 0.6) is 0 Å². The van der Waals surface area contributed by atoms with Gasteiger partial charge in [0.1, 0.15) is 0 Å². The fourth-order valence-corrected chi connectivity index (χ4v) is 9.65. The summed E-state index contributed by atoms with van der Waals surface area (Å²) in [5.74, 6) is 8.33. The van der Waals surface area contributed by atoms with Crippen molar-refractivity contribution < 1.29 is 0 Å². The number of hydrogen-bond acceptors (Lipinski definition) is 0. The average Bonchev–Trinajstić information content (AvgIpc) is 3.26. The summed E-state index contributed by atoms with van der Waals surface area (Å²) in [6.07, 6.45) is 21.7. The monoisotopic (exact) mass is 348 g/mol. The molecule has 8 fully saturated rings. The molecule has 0 saturated heterocycles. The molecule has 8 atom stereocenters. The second-order valence-corrected chi connectivity index (χ2v) is 11.6. The molecular weight excluding hydrogens is 312 g/mol. The van der Waals surface area contributed by atoms with Crippen LogP contribution in [-0.2, 0) is 0 Å². The van der Waals surface area contributed by atoms with E-state index in [4.69, 9.17) is 0 Å². The third-order valence-electron chi connectivity index (χ3n) is 10.4. The lowest BCUT2D eigenvalue weighted by molar-refractivity contribution is 0.112. The van der Waals surface area contributed by atoms with Crippen molar-refractivity contribution in [2.45, 2.75) is 89.9 Å². The molecule has 8 saturated carbocycles. The van der Waals surface area contributed by atoms with Gasteiger partial charge < -0.3 is 0 Å². The minimum atomic E-state index is 0.953. The van der Waals surface area contributed by atoms with Crippen molar-refractivity contribution >= 4 is 0 Å². The molecule has 140 valence electrons. The van der Waals surface area contributed by atoms with Crippen LogP contribution in [0.3, 0.4) is 0 Å². The Hall–Kier alpha value is -0.520. The van der Waals surface area contributed by atoms with Crippen LogP contribution in [0.25, 0.3) is 0 Å². The molecule has 0 heterocycles. The molecule has 8 unspecified atom stereocenters. The van der Waals surface area contributed by atoms with E-state index in [0.29, 0.717) is 0 Å². The first-order chi connectivity index (χ1) is 12.8. The van der Waals surface area contributed by atoms with Crippen LogP contribution in [0.1, 0.15) is 89.9 Å². The van der Waals surface area contributed by atoms with Crippen molar-refractivity contribution in [2.24, 2.45) is 47.3 Å². The molecule has 0 spiro atoms. The summed E-state index contributed by atoms with van der Waals surface area (Å²) in [7, 11) is 0. The zero-order valence-electron chi connectivity index (χ0n) is 16.5. The van der Waals surface area contributed by atoms with Gasteiger partial charge in [-0.2, -0.15) is 0 Å². The number of hydrogen-bond donors (Lipinski definition) is 0. The van der Waals surface area contributed by atoms with Crippen LogP contribution in [0.2, 0.25) is 0 Å². The normalized spacial score (nSPS) is 57.2. The van der Waals surface area contributed by atoms with Gasteiger partial charge in [0.25, 0.3) is 0 Å². The summed E-state index contributed by atoms with van der Waals surface area (Å²) < 4.78 is 0. The maximum Gasteiger partial charge on any atom is 0.00207 e. The Kier molecular flexibility index (Phi) is 3.27.